The molecule has 0 unspecified atom stereocenters. The van der Waals surface area contributed by atoms with Crippen LogP contribution < -0.4 is 14.8 Å². The summed E-state index contributed by atoms with van der Waals surface area (Å²) >= 11 is 15.8. The number of hydrogen-bond acceptors (Lipinski definition) is 3. The average molecular weight is 475 g/mol. The Morgan fingerprint density at radius 2 is 1.74 bits per heavy atom. The fourth-order valence-electron chi connectivity index (χ4n) is 2.61. The Hall–Kier alpha value is -0.940. The molecule has 0 aromatic heterocycles. The predicted molar refractivity (Wildman–Crippen MR) is 117 cm³/mol. The third-order valence-corrected chi connectivity index (χ3v) is 5.41. The fourth-order valence-corrected chi connectivity index (χ4v) is 3.54. The highest BCUT2D eigenvalue weighted by atomic mass is 79.9. The highest BCUT2D eigenvalue weighted by Gasteiger charge is 2.12. The molecular weight excluding hydrogens is 449 g/mol. The Morgan fingerprint density at radius 1 is 0.963 bits per heavy atom. The Labute approximate surface area is 180 Å². The number of benzene rings is 2. The summed E-state index contributed by atoms with van der Waals surface area (Å²) in [4.78, 5) is 0. The first kappa shape index (κ1) is 22.4. The fraction of sp³-hybridized carbons (Fsp3) is 0.429. The molecule has 0 spiro atoms. The average Bonchev–Trinajstić information content (AvgIpc) is 2.63. The van der Waals surface area contributed by atoms with Crippen LogP contribution in [0.4, 0.5) is 0 Å². The lowest BCUT2D eigenvalue weighted by Gasteiger charge is -2.16. The summed E-state index contributed by atoms with van der Waals surface area (Å²) in [6.45, 7) is 6.89. The van der Waals surface area contributed by atoms with Crippen molar-refractivity contribution in [3.05, 3.63) is 56.0 Å². The quantitative estimate of drug-likeness (QED) is 0.355. The summed E-state index contributed by atoms with van der Waals surface area (Å²) in [6.07, 6.45) is 3.66. The zero-order valence-electron chi connectivity index (χ0n) is 15.8. The second-order valence-corrected chi connectivity index (χ2v) is 7.93. The van der Waals surface area contributed by atoms with Crippen LogP contribution >= 0.6 is 39.1 Å². The van der Waals surface area contributed by atoms with Crippen LogP contribution in [0.1, 0.15) is 44.2 Å². The number of nitrogens with one attached hydrogen (secondary N) is 1. The molecule has 148 valence electrons. The highest BCUT2D eigenvalue weighted by Crippen LogP contribution is 2.35. The van der Waals surface area contributed by atoms with Crippen LogP contribution in [0.25, 0.3) is 0 Å². The summed E-state index contributed by atoms with van der Waals surface area (Å²) < 4.78 is 12.8. The van der Waals surface area contributed by atoms with Crippen LogP contribution in [0.2, 0.25) is 10.0 Å². The van der Waals surface area contributed by atoms with Gasteiger partial charge in [-0.15, -0.1) is 0 Å². The molecule has 0 fully saturated rings. The molecule has 0 atom stereocenters. The Morgan fingerprint density at radius 3 is 2.44 bits per heavy atom. The van der Waals surface area contributed by atoms with Crippen molar-refractivity contribution in [3.63, 3.8) is 0 Å². The van der Waals surface area contributed by atoms with Crippen molar-refractivity contribution in [2.75, 3.05) is 13.2 Å². The van der Waals surface area contributed by atoms with Gasteiger partial charge in [-0.25, -0.2) is 0 Å². The van der Waals surface area contributed by atoms with Crippen molar-refractivity contribution < 1.29 is 9.47 Å². The third kappa shape index (κ3) is 7.19. The second-order valence-electron chi connectivity index (χ2n) is 6.23. The molecule has 0 aliphatic heterocycles. The van der Waals surface area contributed by atoms with Gasteiger partial charge in [0.05, 0.1) is 6.61 Å². The van der Waals surface area contributed by atoms with E-state index in [1.165, 1.54) is 19.3 Å². The SMILES string of the molecule is CCCCCNCc1cc(OCC)c(OCc2ccc(Cl)cc2Cl)cc1Br. The predicted octanol–water partition coefficient (Wildman–Crippen LogP) is 7.01. The topological polar surface area (TPSA) is 30.5 Å². The van der Waals surface area contributed by atoms with Gasteiger partial charge in [0.15, 0.2) is 11.5 Å². The number of halogens is 3. The minimum absolute atomic E-state index is 0.344. The van der Waals surface area contributed by atoms with Crippen LogP contribution in [0, 0.1) is 0 Å². The first-order chi connectivity index (χ1) is 13.0. The van der Waals surface area contributed by atoms with Crippen LogP contribution in [0.5, 0.6) is 11.5 Å². The van der Waals surface area contributed by atoms with Gasteiger partial charge >= 0.3 is 0 Å². The van der Waals surface area contributed by atoms with Gasteiger partial charge in [-0.2, -0.15) is 0 Å². The maximum absolute atomic E-state index is 6.23. The Balaban J connectivity index is 2.07. The highest BCUT2D eigenvalue weighted by molar-refractivity contribution is 9.10. The maximum Gasteiger partial charge on any atom is 0.162 e. The summed E-state index contributed by atoms with van der Waals surface area (Å²) in [6, 6.07) is 9.37. The first-order valence-corrected chi connectivity index (χ1v) is 10.8. The van der Waals surface area contributed by atoms with Gasteiger partial charge in [0.2, 0.25) is 0 Å². The van der Waals surface area contributed by atoms with Gasteiger partial charge in [0.1, 0.15) is 6.61 Å². The van der Waals surface area contributed by atoms with Crippen LogP contribution in [-0.4, -0.2) is 13.2 Å². The Kier molecular flexibility index (Phi) is 9.77. The lowest BCUT2D eigenvalue weighted by atomic mass is 10.2. The molecule has 0 amide bonds. The lowest BCUT2D eigenvalue weighted by molar-refractivity contribution is 0.269. The monoisotopic (exact) mass is 473 g/mol. The molecule has 0 aliphatic rings. The molecule has 2 aromatic carbocycles. The van der Waals surface area contributed by atoms with Gasteiger partial charge in [-0.1, -0.05) is 65.0 Å². The van der Waals surface area contributed by atoms with Gasteiger partial charge in [0.25, 0.3) is 0 Å². The van der Waals surface area contributed by atoms with E-state index in [1.807, 2.05) is 25.1 Å². The molecule has 3 nitrogen and oxygen atoms in total. The third-order valence-electron chi connectivity index (χ3n) is 4.08. The van der Waals surface area contributed by atoms with E-state index in [4.69, 9.17) is 32.7 Å². The summed E-state index contributed by atoms with van der Waals surface area (Å²) in [5, 5.41) is 4.68. The molecule has 0 radical (unpaired) electrons. The molecule has 0 saturated carbocycles. The molecule has 6 heteroatoms. The van der Waals surface area contributed by atoms with Crippen molar-refractivity contribution in [2.45, 2.75) is 46.3 Å². The van der Waals surface area contributed by atoms with Gasteiger partial charge in [-0.3, -0.25) is 0 Å². The number of rotatable bonds is 11. The van der Waals surface area contributed by atoms with Crippen molar-refractivity contribution in [3.8, 4) is 11.5 Å². The molecule has 27 heavy (non-hydrogen) atoms. The van der Waals surface area contributed by atoms with Crippen molar-refractivity contribution in [1.82, 2.24) is 5.32 Å². The van der Waals surface area contributed by atoms with Crippen LogP contribution in [0.15, 0.2) is 34.8 Å². The molecular formula is C21H26BrCl2NO2. The molecule has 1 N–H and O–H groups in total. The lowest BCUT2D eigenvalue weighted by Crippen LogP contribution is -2.15. The van der Waals surface area contributed by atoms with Gasteiger partial charge in [0, 0.05) is 26.6 Å². The normalized spacial score (nSPS) is 10.9. The van der Waals surface area contributed by atoms with Crippen molar-refractivity contribution >= 4 is 39.1 Å². The minimum Gasteiger partial charge on any atom is -0.490 e. The number of unbranched alkanes of at least 4 members (excludes halogenated alkanes) is 2. The van der Waals surface area contributed by atoms with E-state index >= 15 is 0 Å². The second kappa shape index (κ2) is 11.8. The smallest absolute Gasteiger partial charge is 0.162 e. The van der Waals surface area contributed by atoms with E-state index < -0.39 is 0 Å². The molecule has 2 rings (SSSR count). The number of ether oxygens (including phenoxy) is 2. The van der Waals surface area contributed by atoms with E-state index in [0.717, 1.165) is 34.4 Å². The van der Waals surface area contributed by atoms with Crippen LogP contribution in [-0.2, 0) is 13.2 Å². The summed E-state index contributed by atoms with van der Waals surface area (Å²) in [5.41, 5.74) is 2.02. The molecule has 2 aromatic rings. The van der Waals surface area contributed by atoms with Crippen LogP contribution in [0.3, 0.4) is 0 Å². The largest absolute Gasteiger partial charge is 0.490 e. The standard InChI is InChI=1S/C21H26BrCl2NO2/c1-3-5-6-9-25-13-16-10-20(26-4-2)21(12-18(16)22)27-14-15-7-8-17(23)11-19(15)24/h7-8,10-12,25H,3-6,9,13-14H2,1-2H3. The summed E-state index contributed by atoms with van der Waals surface area (Å²) in [5.74, 6) is 1.42. The maximum atomic E-state index is 6.23. The first-order valence-electron chi connectivity index (χ1n) is 9.27. The zero-order valence-corrected chi connectivity index (χ0v) is 18.9. The zero-order chi connectivity index (χ0) is 19.6. The van der Waals surface area contributed by atoms with E-state index in [1.54, 1.807) is 12.1 Å². The van der Waals surface area contributed by atoms with Crippen molar-refractivity contribution in [1.29, 1.82) is 0 Å². The summed E-state index contributed by atoms with van der Waals surface area (Å²) in [7, 11) is 0. The van der Waals surface area contributed by atoms with E-state index in [9.17, 15) is 0 Å². The molecule has 0 aliphatic carbocycles. The molecule has 0 heterocycles. The van der Waals surface area contributed by atoms with E-state index in [2.05, 4.69) is 28.2 Å². The van der Waals surface area contributed by atoms with E-state index in [0.29, 0.717) is 29.0 Å². The van der Waals surface area contributed by atoms with Crippen molar-refractivity contribution in [2.24, 2.45) is 0 Å². The minimum atomic E-state index is 0.344. The van der Waals surface area contributed by atoms with E-state index in [-0.39, 0.29) is 0 Å². The van der Waals surface area contributed by atoms with Gasteiger partial charge in [-0.05, 0) is 49.7 Å². The molecule has 0 saturated heterocycles. The van der Waals surface area contributed by atoms with Gasteiger partial charge < -0.3 is 14.8 Å². The molecule has 0 bridgehead atoms. The Bertz CT molecular complexity index is 740. The number of hydrogen-bond donors (Lipinski definition) is 1.